The molecular weight excluding hydrogens is 505 g/mol. The molecule has 2 aliphatic heterocycles. The second-order valence-electron chi connectivity index (χ2n) is 9.26. The van der Waals surface area contributed by atoms with E-state index in [1.165, 1.54) is 11.1 Å². The molecule has 0 spiro atoms. The summed E-state index contributed by atoms with van der Waals surface area (Å²) in [5.74, 6) is -0.187. The number of carbonyl (C=O) groups is 1. The predicted octanol–water partition coefficient (Wildman–Crippen LogP) is 6.70. The Morgan fingerprint density at radius 2 is 1.60 bits per heavy atom. The van der Waals surface area contributed by atoms with Crippen LogP contribution < -0.4 is 5.01 Å². The van der Waals surface area contributed by atoms with Crippen LogP contribution in [0.1, 0.15) is 44.2 Å². The zero-order valence-corrected chi connectivity index (χ0v) is 22.5. The average molecular weight is 537 g/mol. The van der Waals surface area contributed by atoms with Crippen LogP contribution in [-0.2, 0) is 22.4 Å². The van der Waals surface area contributed by atoms with Gasteiger partial charge in [-0.15, -0.1) is 0 Å². The average Bonchev–Trinajstić information content (AvgIpc) is 2.85. The summed E-state index contributed by atoms with van der Waals surface area (Å²) in [5, 5.41) is 7.16. The number of aryl methyl sites for hydroxylation is 2. The molecule has 0 radical (unpaired) electrons. The number of halogens is 3. The molecular formula is C27H32Cl3N3O2. The first kappa shape index (κ1) is 26.3. The molecule has 2 aromatic rings. The molecule has 3 unspecified atom stereocenters. The number of hydrogen-bond acceptors (Lipinski definition) is 5. The van der Waals surface area contributed by atoms with E-state index >= 15 is 0 Å². The first-order chi connectivity index (χ1) is 16.8. The number of rotatable bonds is 7. The summed E-state index contributed by atoms with van der Waals surface area (Å²) < 4.78 is 3.75. The van der Waals surface area contributed by atoms with E-state index in [-0.39, 0.29) is 24.5 Å². The monoisotopic (exact) mass is 535 g/mol. The van der Waals surface area contributed by atoms with Gasteiger partial charge in [-0.3, -0.25) is 9.69 Å². The van der Waals surface area contributed by atoms with Crippen LogP contribution in [0.3, 0.4) is 0 Å². The zero-order chi connectivity index (χ0) is 25.0. The summed E-state index contributed by atoms with van der Waals surface area (Å²) in [6.45, 7) is 5.49. The molecule has 3 atom stereocenters. The first-order valence-electron chi connectivity index (χ1n) is 12.3. The van der Waals surface area contributed by atoms with E-state index < -0.39 is 3.79 Å². The maximum absolute atomic E-state index is 12.9. The van der Waals surface area contributed by atoms with E-state index in [9.17, 15) is 4.79 Å². The number of nitrogens with zero attached hydrogens (tertiary/aromatic N) is 3. The lowest BCUT2D eigenvalue weighted by atomic mass is 9.81. The maximum atomic E-state index is 12.9. The minimum Gasteiger partial charge on any atom is -0.460 e. The number of ether oxygens (including phenoxy) is 1. The van der Waals surface area contributed by atoms with Gasteiger partial charge < -0.3 is 4.74 Å². The second kappa shape index (κ2) is 11.5. The van der Waals surface area contributed by atoms with Gasteiger partial charge in [-0.05, 0) is 80.0 Å². The second-order valence-corrected chi connectivity index (χ2v) is 11.8. The molecule has 188 valence electrons. The molecule has 0 aliphatic carbocycles. The summed E-state index contributed by atoms with van der Waals surface area (Å²) >= 11 is 17.4. The minimum atomic E-state index is -1.61. The maximum Gasteiger partial charge on any atom is 0.323 e. The standard InChI is InChI=1S/C27H32Cl3N3O2/c1-3-19-7-11-23(12-8-19)33(24-13-9-20(4-2)10-14-24)31-22-16-21-6-5-15-32(17-22)25(21)26(34)35-18-27(28,29)30/h7-14,21,25H,3-6,15-18H2,1-2H3. The predicted molar refractivity (Wildman–Crippen MR) is 145 cm³/mol. The molecule has 0 aromatic heterocycles. The first-order valence-corrected chi connectivity index (χ1v) is 13.4. The normalized spacial score (nSPS) is 23.2. The SMILES string of the molecule is CCc1ccc(N(N=C2CC3CCCN(C2)C3C(=O)OCC(Cl)(Cl)Cl)c2ccc(CC)cc2)cc1. The minimum absolute atomic E-state index is 0.130. The molecule has 2 fully saturated rings. The molecule has 2 aliphatic rings. The summed E-state index contributed by atoms with van der Waals surface area (Å²) in [5.41, 5.74) is 5.67. The molecule has 0 amide bonds. The van der Waals surface area contributed by atoms with Gasteiger partial charge in [0.2, 0.25) is 3.79 Å². The van der Waals surface area contributed by atoms with Crippen molar-refractivity contribution in [3.05, 3.63) is 59.7 Å². The number of hydrazone groups is 1. The summed E-state index contributed by atoms with van der Waals surface area (Å²) in [6.07, 6.45) is 4.71. The molecule has 2 heterocycles. The van der Waals surface area contributed by atoms with Crippen LogP contribution >= 0.6 is 34.8 Å². The third-order valence-corrected chi connectivity index (χ3v) is 7.11. The van der Waals surface area contributed by atoms with Gasteiger partial charge in [0.1, 0.15) is 12.6 Å². The van der Waals surface area contributed by atoms with Crippen LogP contribution in [0.2, 0.25) is 0 Å². The lowest BCUT2D eigenvalue weighted by Gasteiger charge is -2.44. The van der Waals surface area contributed by atoms with E-state index in [0.717, 1.165) is 55.7 Å². The number of carbonyl (C=O) groups excluding carboxylic acids is 1. The van der Waals surface area contributed by atoms with Crippen molar-refractivity contribution in [1.29, 1.82) is 0 Å². The van der Waals surface area contributed by atoms with Crippen molar-refractivity contribution in [3.63, 3.8) is 0 Å². The van der Waals surface area contributed by atoms with Crippen LogP contribution in [0.4, 0.5) is 11.4 Å². The Morgan fingerprint density at radius 1 is 1.03 bits per heavy atom. The van der Waals surface area contributed by atoms with Crippen LogP contribution in [0.15, 0.2) is 53.6 Å². The lowest BCUT2D eigenvalue weighted by Crippen LogP contribution is -2.57. The van der Waals surface area contributed by atoms with Gasteiger partial charge in [0.05, 0.1) is 17.1 Å². The number of hydrogen-bond donors (Lipinski definition) is 0. The Morgan fingerprint density at radius 3 is 2.09 bits per heavy atom. The number of esters is 1. The molecule has 4 rings (SSSR count). The van der Waals surface area contributed by atoms with Crippen molar-refractivity contribution >= 4 is 57.9 Å². The number of fused-ring (bicyclic) bond motifs is 2. The third kappa shape index (κ3) is 6.71. The van der Waals surface area contributed by atoms with Crippen LogP contribution in [0, 0.1) is 5.92 Å². The van der Waals surface area contributed by atoms with Crippen LogP contribution in [-0.4, -0.2) is 46.1 Å². The molecule has 2 saturated heterocycles. The highest BCUT2D eigenvalue weighted by molar-refractivity contribution is 6.67. The Balaban J connectivity index is 1.59. The Kier molecular flexibility index (Phi) is 8.64. The molecule has 0 N–H and O–H groups in total. The fourth-order valence-corrected chi connectivity index (χ4v) is 5.11. The van der Waals surface area contributed by atoms with Crippen molar-refractivity contribution in [3.8, 4) is 0 Å². The van der Waals surface area contributed by atoms with Gasteiger partial charge in [-0.25, -0.2) is 5.01 Å². The Hall–Kier alpha value is -1.79. The number of benzene rings is 2. The largest absolute Gasteiger partial charge is 0.460 e. The highest BCUT2D eigenvalue weighted by atomic mass is 35.6. The zero-order valence-electron chi connectivity index (χ0n) is 20.2. The number of piperidine rings is 2. The lowest BCUT2D eigenvalue weighted by molar-refractivity contribution is -0.154. The van der Waals surface area contributed by atoms with Gasteiger partial charge in [-0.2, -0.15) is 5.10 Å². The molecule has 5 nitrogen and oxygen atoms in total. The van der Waals surface area contributed by atoms with Crippen LogP contribution in [0.5, 0.6) is 0 Å². The van der Waals surface area contributed by atoms with Crippen molar-refractivity contribution < 1.29 is 9.53 Å². The van der Waals surface area contributed by atoms with E-state index in [1.54, 1.807) is 0 Å². The van der Waals surface area contributed by atoms with Gasteiger partial charge in [-0.1, -0.05) is 72.9 Å². The van der Waals surface area contributed by atoms with Crippen molar-refractivity contribution in [2.24, 2.45) is 11.0 Å². The Labute approximate surface area is 223 Å². The highest BCUT2D eigenvalue weighted by Gasteiger charge is 2.43. The third-order valence-electron chi connectivity index (χ3n) is 6.78. The van der Waals surface area contributed by atoms with Crippen molar-refractivity contribution in [2.45, 2.75) is 55.8 Å². The van der Waals surface area contributed by atoms with E-state index in [4.69, 9.17) is 44.6 Å². The Bertz CT molecular complexity index is 972. The van der Waals surface area contributed by atoms with Gasteiger partial charge >= 0.3 is 5.97 Å². The number of anilines is 2. The topological polar surface area (TPSA) is 45.1 Å². The molecule has 2 aromatic carbocycles. The van der Waals surface area contributed by atoms with Gasteiger partial charge in [0.15, 0.2) is 0 Å². The molecule has 35 heavy (non-hydrogen) atoms. The summed E-state index contributed by atoms with van der Waals surface area (Å²) in [7, 11) is 0. The smallest absolute Gasteiger partial charge is 0.323 e. The van der Waals surface area contributed by atoms with Gasteiger partial charge in [0.25, 0.3) is 0 Å². The van der Waals surface area contributed by atoms with Crippen LogP contribution in [0.25, 0.3) is 0 Å². The van der Waals surface area contributed by atoms with E-state index in [1.807, 2.05) is 5.01 Å². The molecule has 8 heteroatoms. The highest BCUT2D eigenvalue weighted by Crippen LogP contribution is 2.35. The fourth-order valence-electron chi connectivity index (χ4n) is 4.95. The summed E-state index contributed by atoms with van der Waals surface area (Å²) in [4.78, 5) is 15.0. The van der Waals surface area contributed by atoms with Gasteiger partial charge in [0, 0.05) is 6.54 Å². The van der Waals surface area contributed by atoms with E-state index in [0.29, 0.717) is 6.54 Å². The van der Waals surface area contributed by atoms with Crippen molar-refractivity contribution in [2.75, 3.05) is 24.7 Å². The fraction of sp³-hybridized carbons (Fsp3) is 0.481. The number of alkyl halides is 3. The molecule has 0 saturated carbocycles. The quantitative estimate of drug-likeness (QED) is 0.224. The van der Waals surface area contributed by atoms with E-state index in [2.05, 4.69) is 67.3 Å². The summed E-state index contributed by atoms with van der Waals surface area (Å²) in [6, 6.07) is 16.8. The van der Waals surface area contributed by atoms with Crippen molar-refractivity contribution in [1.82, 2.24) is 4.90 Å². The molecule has 2 bridgehead atoms.